The standard InChI is InChI=1S/C20H20N4O3S/c1-13-3-9-16(10-4-13)24-18(26)11-22-20(24)28-12-17(25)23-15-7-5-14(6-8-15)19(27)21-2/h3-10H,11-12H2,1-2H3,(H,21,27)(H,23,25). The number of amides is 3. The Bertz CT molecular complexity index is 923. The Kier molecular flexibility index (Phi) is 6.10. The number of thioether (sulfide) groups is 1. The van der Waals surface area contributed by atoms with E-state index in [-0.39, 0.29) is 30.0 Å². The van der Waals surface area contributed by atoms with Crippen LogP contribution in [0, 0.1) is 6.92 Å². The summed E-state index contributed by atoms with van der Waals surface area (Å²) >= 11 is 1.21. The van der Waals surface area contributed by atoms with E-state index in [0.717, 1.165) is 11.3 Å². The fourth-order valence-corrected chi connectivity index (χ4v) is 3.44. The van der Waals surface area contributed by atoms with Crippen molar-refractivity contribution in [3.63, 3.8) is 0 Å². The van der Waals surface area contributed by atoms with Crippen LogP contribution in [-0.4, -0.2) is 42.2 Å². The molecule has 0 unspecified atom stereocenters. The van der Waals surface area contributed by atoms with Crippen molar-refractivity contribution < 1.29 is 14.4 Å². The molecule has 0 atom stereocenters. The van der Waals surface area contributed by atoms with Crippen molar-refractivity contribution in [3.05, 3.63) is 59.7 Å². The molecule has 3 rings (SSSR count). The summed E-state index contributed by atoms with van der Waals surface area (Å²) in [6.07, 6.45) is 0. The maximum atomic E-state index is 12.2. The highest BCUT2D eigenvalue weighted by atomic mass is 32.2. The summed E-state index contributed by atoms with van der Waals surface area (Å²) < 4.78 is 0. The minimum Gasteiger partial charge on any atom is -0.355 e. The number of aryl methyl sites for hydroxylation is 1. The SMILES string of the molecule is CNC(=O)c1ccc(NC(=O)CSC2=NCC(=O)N2c2ccc(C)cc2)cc1. The number of nitrogens with zero attached hydrogens (tertiary/aromatic N) is 2. The lowest BCUT2D eigenvalue weighted by Gasteiger charge is -2.18. The Morgan fingerprint density at radius 3 is 2.43 bits per heavy atom. The summed E-state index contributed by atoms with van der Waals surface area (Å²) in [5.74, 6) is -0.403. The van der Waals surface area contributed by atoms with Crippen LogP contribution >= 0.6 is 11.8 Å². The maximum absolute atomic E-state index is 12.2. The number of anilines is 2. The number of hydrogen-bond acceptors (Lipinski definition) is 5. The maximum Gasteiger partial charge on any atom is 0.254 e. The van der Waals surface area contributed by atoms with Crippen LogP contribution in [0.2, 0.25) is 0 Å². The zero-order valence-electron chi connectivity index (χ0n) is 15.6. The second-order valence-electron chi connectivity index (χ2n) is 6.16. The quantitative estimate of drug-likeness (QED) is 0.812. The highest BCUT2D eigenvalue weighted by molar-refractivity contribution is 8.14. The number of nitrogens with one attached hydrogen (secondary N) is 2. The number of carbonyl (C=O) groups is 3. The molecule has 2 aromatic rings. The third kappa shape index (κ3) is 4.58. The second kappa shape index (κ2) is 8.71. The van der Waals surface area contributed by atoms with Gasteiger partial charge in [0, 0.05) is 18.3 Å². The number of amidine groups is 1. The van der Waals surface area contributed by atoms with Crippen molar-refractivity contribution in [1.29, 1.82) is 0 Å². The van der Waals surface area contributed by atoms with Gasteiger partial charge in [0.25, 0.3) is 11.8 Å². The van der Waals surface area contributed by atoms with Gasteiger partial charge in [0.2, 0.25) is 5.91 Å². The highest BCUT2D eigenvalue weighted by Crippen LogP contribution is 2.24. The lowest BCUT2D eigenvalue weighted by atomic mass is 10.2. The molecule has 144 valence electrons. The molecule has 8 heteroatoms. The summed E-state index contributed by atoms with van der Waals surface area (Å²) in [7, 11) is 1.56. The summed E-state index contributed by atoms with van der Waals surface area (Å²) in [6, 6.07) is 14.2. The molecule has 1 heterocycles. The number of aliphatic imine (C=N–C) groups is 1. The zero-order chi connectivity index (χ0) is 20.1. The van der Waals surface area contributed by atoms with Gasteiger partial charge in [0.15, 0.2) is 5.17 Å². The van der Waals surface area contributed by atoms with Crippen LogP contribution in [0.25, 0.3) is 0 Å². The predicted molar refractivity (Wildman–Crippen MR) is 112 cm³/mol. The van der Waals surface area contributed by atoms with Crippen molar-refractivity contribution >= 4 is 46.0 Å². The first-order valence-corrected chi connectivity index (χ1v) is 9.65. The minimum atomic E-state index is -0.219. The average molecular weight is 396 g/mol. The topological polar surface area (TPSA) is 90.9 Å². The van der Waals surface area contributed by atoms with Crippen molar-refractivity contribution in [2.24, 2.45) is 4.99 Å². The van der Waals surface area contributed by atoms with Gasteiger partial charge in [0.1, 0.15) is 6.54 Å². The van der Waals surface area contributed by atoms with Crippen molar-refractivity contribution in [3.8, 4) is 0 Å². The average Bonchev–Trinajstić information content (AvgIpc) is 3.07. The molecule has 3 amide bonds. The molecule has 0 bridgehead atoms. The van der Waals surface area contributed by atoms with E-state index in [1.54, 1.807) is 31.3 Å². The van der Waals surface area contributed by atoms with E-state index in [2.05, 4.69) is 15.6 Å². The Morgan fingerprint density at radius 1 is 1.11 bits per heavy atom. The van der Waals surface area contributed by atoms with Crippen LogP contribution in [0.5, 0.6) is 0 Å². The lowest BCUT2D eigenvalue weighted by molar-refractivity contribution is -0.116. The molecule has 7 nitrogen and oxygen atoms in total. The van der Waals surface area contributed by atoms with Gasteiger partial charge < -0.3 is 10.6 Å². The molecule has 0 saturated heterocycles. The highest BCUT2D eigenvalue weighted by Gasteiger charge is 2.27. The molecular weight excluding hydrogens is 376 g/mol. The first-order valence-electron chi connectivity index (χ1n) is 8.67. The molecule has 2 aromatic carbocycles. The van der Waals surface area contributed by atoms with Gasteiger partial charge in [-0.15, -0.1) is 0 Å². The molecule has 1 aliphatic rings. The molecule has 1 aliphatic heterocycles. The van der Waals surface area contributed by atoms with Gasteiger partial charge in [-0.25, -0.2) is 0 Å². The van der Waals surface area contributed by atoms with Crippen molar-refractivity contribution in [2.75, 3.05) is 29.6 Å². The second-order valence-corrected chi connectivity index (χ2v) is 7.10. The molecular formula is C20H20N4O3S. The van der Waals surface area contributed by atoms with E-state index in [9.17, 15) is 14.4 Å². The molecule has 0 aliphatic carbocycles. The normalized spacial score (nSPS) is 13.3. The monoisotopic (exact) mass is 396 g/mol. The third-order valence-electron chi connectivity index (χ3n) is 4.07. The Labute approximate surface area is 167 Å². The van der Waals surface area contributed by atoms with E-state index in [1.165, 1.54) is 16.7 Å². The Hall–Kier alpha value is -3.13. The number of benzene rings is 2. The zero-order valence-corrected chi connectivity index (χ0v) is 16.4. The molecule has 0 spiro atoms. The predicted octanol–water partition coefficient (Wildman–Crippen LogP) is 2.43. The molecule has 0 saturated carbocycles. The van der Waals surface area contributed by atoms with Gasteiger partial charge in [-0.05, 0) is 43.3 Å². The van der Waals surface area contributed by atoms with E-state index < -0.39 is 0 Å². The van der Waals surface area contributed by atoms with Crippen LogP contribution in [0.3, 0.4) is 0 Å². The number of hydrogen-bond donors (Lipinski definition) is 2. The summed E-state index contributed by atoms with van der Waals surface area (Å²) in [6.45, 7) is 2.06. The minimum absolute atomic E-state index is 0.0821. The van der Waals surface area contributed by atoms with Gasteiger partial charge in [0.05, 0.1) is 11.4 Å². The van der Waals surface area contributed by atoms with Gasteiger partial charge >= 0.3 is 0 Å². The molecule has 0 aromatic heterocycles. The van der Waals surface area contributed by atoms with E-state index in [0.29, 0.717) is 16.4 Å². The molecule has 0 fully saturated rings. The molecule has 0 radical (unpaired) electrons. The number of carbonyl (C=O) groups excluding carboxylic acids is 3. The van der Waals surface area contributed by atoms with Crippen LogP contribution < -0.4 is 15.5 Å². The van der Waals surface area contributed by atoms with Gasteiger partial charge in [-0.2, -0.15) is 0 Å². The van der Waals surface area contributed by atoms with Crippen molar-refractivity contribution in [2.45, 2.75) is 6.92 Å². The van der Waals surface area contributed by atoms with Crippen LogP contribution in [0.1, 0.15) is 15.9 Å². The summed E-state index contributed by atoms with van der Waals surface area (Å²) in [5.41, 5.74) is 2.95. The first kappa shape index (κ1) is 19.6. The van der Waals surface area contributed by atoms with Gasteiger partial charge in [-0.1, -0.05) is 29.5 Å². The molecule has 28 heavy (non-hydrogen) atoms. The van der Waals surface area contributed by atoms with Crippen LogP contribution in [0.15, 0.2) is 53.5 Å². The molecule has 2 N–H and O–H groups in total. The van der Waals surface area contributed by atoms with E-state index in [4.69, 9.17) is 0 Å². The number of rotatable bonds is 5. The van der Waals surface area contributed by atoms with Crippen LogP contribution in [-0.2, 0) is 9.59 Å². The van der Waals surface area contributed by atoms with Crippen LogP contribution in [0.4, 0.5) is 11.4 Å². The smallest absolute Gasteiger partial charge is 0.254 e. The largest absolute Gasteiger partial charge is 0.355 e. The Balaban J connectivity index is 1.58. The van der Waals surface area contributed by atoms with E-state index in [1.807, 2.05) is 31.2 Å². The van der Waals surface area contributed by atoms with E-state index >= 15 is 0 Å². The Morgan fingerprint density at radius 2 is 1.79 bits per heavy atom. The third-order valence-corrected chi connectivity index (χ3v) is 5.05. The van der Waals surface area contributed by atoms with Crippen molar-refractivity contribution in [1.82, 2.24) is 5.32 Å². The first-order chi connectivity index (χ1) is 13.5. The lowest BCUT2D eigenvalue weighted by Crippen LogP contribution is -2.31. The fraction of sp³-hybridized carbons (Fsp3) is 0.200. The summed E-state index contributed by atoms with van der Waals surface area (Å²) in [4.78, 5) is 41.8. The summed E-state index contributed by atoms with van der Waals surface area (Å²) in [5, 5.41) is 5.83. The fourth-order valence-electron chi connectivity index (χ4n) is 2.62. The van der Waals surface area contributed by atoms with Gasteiger partial charge in [-0.3, -0.25) is 24.3 Å².